The fourth-order valence-corrected chi connectivity index (χ4v) is 1.70. The van der Waals surface area contributed by atoms with Crippen molar-refractivity contribution in [2.24, 2.45) is 5.92 Å². The summed E-state index contributed by atoms with van der Waals surface area (Å²) >= 11 is 0. The van der Waals surface area contributed by atoms with E-state index in [0.717, 1.165) is 6.42 Å². The van der Waals surface area contributed by atoms with Crippen molar-refractivity contribution in [3.8, 4) is 0 Å². The average molecular weight is 188 g/mol. The lowest BCUT2D eigenvalue weighted by Gasteiger charge is -2.34. The van der Waals surface area contributed by atoms with Gasteiger partial charge in [0, 0.05) is 20.1 Å². The summed E-state index contributed by atoms with van der Waals surface area (Å²) in [5.74, 6) is 0.103. The maximum Gasteiger partial charge on any atom is 0.167 e. The van der Waals surface area contributed by atoms with Crippen LogP contribution in [0.25, 0.3) is 0 Å². The molecule has 2 nitrogen and oxygen atoms in total. The summed E-state index contributed by atoms with van der Waals surface area (Å²) in [6.07, 6.45) is 4.78. The Morgan fingerprint density at radius 2 is 1.69 bits per heavy atom. The molecule has 1 atom stereocenters. The van der Waals surface area contributed by atoms with Crippen LogP contribution in [0.4, 0.5) is 0 Å². The quantitative estimate of drug-likeness (QED) is 0.571. The van der Waals surface area contributed by atoms with E-state index in [4.69, 9.17) is 9.47 Å². The Balaban J connectivity index is 4.16. The highest BCUT2D eigenvalue weighted by Gasteiger charge is 2.32. The van der Waals surface area contributed by atoms with Crippen molar-refractivity contribution in [3.05, 3.63) is 0 Å². The summed E-state index contributed by atoms with van der Waals surface area (Å²) in [6, 6.07) is 0. The number of unbranched alkanes of at least 4 members (excludes halogenated alkanes) is 1. The first kappa shape index (κ1) is 12.9. The predicted molar refractivity (Wildman–Crippen MR) is 55.7 cm³/mol. The van der Waals surface area contributed by atoms with Crippen molar-refractivity contribution in [1.82, 2.24) is 0 Å². The first-order valence-electron chi connectivity index (χ1n) is 5.24. The average Bonchev–Trinajstić information content (AvgIpc) is 2.18. The molecule has 0 aromatic rings. The molecule has 0 rings (SSSR count). The summed E-state index contributed by atoms with van der Waals surface area (Å²) in [4.78, 5) is 0. The molecule has 0 saturated carbocycles. The van der Waals surface area contributed by atoms with Crippen LogP contribution in [0.1, 0.15) is 46.5 Å². The van der Waals surface area contributed by atoms with Gasteiger partial charge in [-0.3, -0.25) is 0 Å². The Bertz CT molecular complexity index is 119. The number of methoxy groups -OCH3 is 2. The van der Waals surface area contributed by atoms with Crippen LogP contribution in [0, 0.1) is 5.92 Å². The summed E-state index contributed by atoms with van der Waals surface area (Å²) in [6.45, 7) is 6.43. The topological polar surface area (TPSA) is 18.5 Å². The Morgan fingerprint density at radius 1 is 1.15 bits per heavy atom. The van der Waals surface area contributed by atoms with Gasteiger partial charge >= 0.3 is 0 Å². The van der Waals surface area contributed by atoms with Gasteiger partial charge in [-0.05, 0) is 19.8 Å². The van der Waals surface area contributed by atoms with Crippen LogP contribution in [0.3, 0.4) is 0 Å². The van der Waals surface area contributed by atoms with Gasteiger partial charge in [0.2, 0.25) is 0 Å². The second-order valence-electron chi connectivity index (χ2n) is 3.67. The molecule has 80 valence electrons. The second-order valence-corrected chi connectivity index (χ2v) is 3.67. The number of hydrogen-bond acceptors (Lipinski definition) is 2. The van der Waals surface area contributed by atoms with Crippen LogP contribution in [-0.4, -0.2) is 20.0 Å². The minimum atomic E-state index is -0.399. The van der Waals surface area contributed by atoms with Crippen LogP contribution in [-0.2, 0) is 9.47 Å². The SMILES string of the molecule is CCCCC(CC)C(C)(OC)OC. The van der Waals surface area contributed by atoms with E-state index < -0.39 is 5.79 Å². The zero-order valence-electron chi connectivity index (χ0n) is 9.72. The Kier molecular flexibility index (Phi) is 6.35. The van der Waals surface area contributed by atoms with Crippen molar-refractivity contribution >= 4 is 0 Å². The van der Waals surface area contributed by atoms with Crippen molar-refractivity contribution in [3.63, 3.8) is 0 Å². The van der Waals surface area contributed by atoms with E-state index in [1.807, 2.05) is 6.92 Å². The van der Waals surface area contributed by atoms with Crippen LogP contribution < -0.4 is 0 Å². The lowest BCUT2D eigenvalue weighted by molar-refractivity contribution is -0.229. The first-order chi connectivity index (χ1) is 6.14. The van der Waals surface area contributed by atoms with Crippen molar-refractivity contribution in [2.45, 2.75) is 52.2 Å². The third-order valence-corrected chi connectivity index (χ3v) is 2.95. The van der Waals surface area contributed by atoms with Gasteiger partial charge in [0.25, 0.3) is 0 Å². The molecular formula is C11H24O2. The van der Waals surface area contributed by atoms with E-state index in [1.54, 1.807) is 14.2 Å². The largest absolute Gasteiger partial charge is 0.353 e. The molecule has 2 heteroatoms. The summed E-state index contributed by atoms with van der Waals surface area (Å²) in [5, 5.41) is 0. The van der Waals surface area contributed by atoms with E-state index in [9.17, 15) is 0 Å². The molecule has 0 N–H and O–H groups in total. The molecule has 0 aromatic carbocycles. The molecule has 0 aliphatic rings. The molecule has 0 aromatic heterocycles. The molecule has 0 bridgehead atoms. The van der Waals surface area contributed by atoms with Gasteiger partial charge in [-0.2, -0.15) is 0 Å². The molecule has 0 saturated heterocycles. The maximum atomic E-state index is 5.41. The standard InChI is InChI=1S/C11H24O2/c1-6-8-9-10(7-2)11(3,12-4)13-5/h10H,6-9H2,1-5H3. The lowest BCUT2D eigenvalue weighted by atomic mass is 9.91. The monoisotopic (exact) mass is 188 g/mol. The summed E-state index contributed by atoms with van der Waals surface area (Å²) in [5.41, 5.74) is 0. The van der Waals surface area contributed by atoms with E-state index in [-0.39, 0.29) is 0 Å². The van der Waals surface area contributed by atoms with Crippen molar-refractivity contribution in [2.75, 3.05) is 14.2 Å². The van der Waals surface area contributed by atoms with Gasteiger partial charge in [-0.25, -0.2) is 0 Å². The highest BCUT2D eigenvalue weighted by atomic mass is 16.7. The third-order valence-electron chi connectivity index (χ3n) is 2.95. The van der Waals surface area contributed by atoms with Gasteiger partial charge in [0.05, 0.1) is 0 Å². The Hall–Kier alpha value is -0.0800. The van der Waals surface area contributed by atoms with Gasteiger partial charge in [-0.1, -0.05) is 26.7 Å². The van der Waals surface area contributed by atoms with E-state index in [0.29, 0.717) is 5.92 Å². The number of hydrogen-bond donors (Lipinski definition) is 0. The maximum absolute atomic E-state index is 5.41. The van der Waals surface area contributed by atoms with Gasteiger partial charge in [0.1, 0.15) is 0 Å². The molecule has 1 unspecified atom stereocenters. The van der Waals surface area contributed by atoms with E-state index >= 15 is 0 Å². The third kappa shape index (κ3) is 3.65. The summed E-state index contributed by atoms with van der Waals surface area (Å²) < 4.78 is 10.8. The smallest absolute Gasteiger partial charge is 0.167 e. The molecule has 0 aliphatic carbocycles. The zero-order chi connectivity index (χ0) is 10.3. The molecule has 0 spiro atoms. The van der Waals surface area contributed by atoms with E-state index in [1.165, 1.54) is 19.3 Å². The fraction of sp³-hybridized carbons (Fsp3) is 1.00. The molecule has 13 heavy (non-hydrogen) atoms. The molecule has 0 fully saturated rings. The zero-order valence-corrected chi connectivity index (χ0v) is 9.72. The highest BCUT2D eigenvalue weighted by molar-refractivity contribution is 4.73. The normalized spacial score (nSPS) is 14.5. The van der Waals surface area contributed by atoms with Crippen LogP contribution in [0.2, 0.25) is 0 Å². The predicted octanol–water partition coefficient (Wildman–Crippen LogP) is 3.21. The molecular weight excluding hydrogens is 164 g/mol. The minimum absolute atomic E-state index is 0.399. The number of ether oxygens (including phenoxy) is 2. The molecule has 0 heterocycles. The van der Waals surface area contributed by atoms with Gasteiger partial charge in [-0.15, -0.1) is 0 Å². The summed E-state index contributed by atoms with van der Waals surface area (Å²) in [7, 11) is 3.44. The second kappa shape index (κ2) is 6.39. The van der Waals surface area contributed by atoms with E-state index in [2.05, 4.69) is 13.8 Å². The minimum Gasteiger partial charge on any atom is -0.353 e. The molecule has 0 amide bonds. The number of rotatable bonds is 7. The van der Waals surface area contributed by atoms with Crippen LogP contribution in [0.5, 0.6) is 0 Å². The first-order valence-corrected chi connectivity index (χ1v) is 5.24. The van der Waals surface area contributed by atoms with Gasteiger partial charge in [0.15, 0.2) is 5.79 Å². The molecule has 0 radical (unpaired) electrons. The Labute approximate surface area is 82.6 Å². The lowest BCUT2D eigenvalue weighted by Crippen LogP contribution is -2.38. The van der Waals surface area contributed by atoms with Crippen molar-refractivity contribution in [1.29, 1.82) is 0 Å². The molecule has 0 aliphatic heterocycles. The van der Waals surface area contributed by atoms with Crippen LogP contribution in [0.15, 0.2) is 0 Å². The van der Waals surface area contributed by atoms with Crippen LogP contribution >= 0.6 is 0 Å². The Morgan fingerprint density at radius 3 is 2.00 bits per heavy atom. The highest BCUT2D eigenvalue weighted by Crippen LogP contribution is 2.29. The fourth-order valence-electron chi connectivity index (χ4n) is 1.70. The van der Waals surface area contributed by atoms with Gasteiger partial charge < -0.3 is 9.47 Å². The van der Waals surface area contributed by atoms with Crippen molar-refractivity contribution < 1.29 is 9.47 Å².